The topological polar surface area (TPSA) is 54.9 Å². The number of aliphatic imine (C=N–C) groups is 1. The number of hydrogen-bond acceptors (Lipinski definition) is 3. The fourth-order valence-corrected chi connectivity index (χ4v) is 3.53. The summed E-state index contributed by atoms with van der Waals surface area (Å²) in [5, 5.41) is 6.95. The van der Waals surface area contributed by atoms with Crippen LogP contribution in [0.1, 0.15) is 49.7 Å². The van der Waals surface area contributed by atoms with Crippen molar-refractivity contribution in [2.24, 2.45) is 4.99 Å². The number of nitrogens with one attached hydrogen (secondary N) is 2. The Bertz CT molecular complexity index is 550. The number of hydrogen-bond donors (Lipinski definition) is 2. The number of guanidine groups is 1. The molecule has 1 aliphatic heterocycles. The van der Waals surface area contributed by atoms with Crippen molar-refractivity contribution in [3.05, 3.63) is 35.4 Å². The van der Waals surface area contributed by atoms with E-state index in [0.29, 0.717) is 18.8 Å². The first-order valence-electron chi connectivity index (χ1n) is 9.58. The Balaban J connectivity index is 1.45. The molecular formula is C20H31N3O2. The molecular weight excluding hydrogens is 314 g/mol. The van der Waals surface area contributed by atoms with Crippen molar-refractivity contribution in [1.29, 1.82) is 0 Å². The van der Waals surface area contributed by atoms with Gasteiger partial charge in [-0.2, -0.15) is 0 Å². The van der Waals surface area contributed by atoms with Crippen LogP contribution in [0.25, 0.3) is 0 Å². The number of ether oxygens (including phenoxy) is 2. The van der Waals surface area contributed by atoms with Crippen molar-refractivity contribution in [3.8, 4) is 0 Å². The first-order valence-corrected chi connectivity index (χ1v) is 9.58. The molecule has 1 aliphatic carbocycles. The van der Waals surface area contributed by atoms with E-state index in [0.717, 1.165) is 38.6 Å². The monoisotopic (exact) mass is 345 g/mol. The summed E-state index contributed by atoms with van der Waals surface area (Å²) >= 11 is 0. The summed E-state index contributed by atoms with van der Waals surface area (Å²) in [6, 6.07) is 9.18. The molecule has 0 amide bonds. The summed E-state index contributed by atoms with van der Waals surface area (Å²) < 4.78 is 11.4. The van der Waals surface area contributed by atoms with Gasteiger partial charge in [-0.25, -0.2) is 0 Å². The summed E-state index contributed by atoms with van der Waals surface area (Å²) in [7, 11) is 1.84. The van der Waals surface area contributed by atoms with Crippen LogP contribution in [0.4, 0.5) is 0 Å². The third-order valence-corrected chi connectivity index (χ3v) is 5.03. The maximum Gasteiger partial charge on any atom is 0.191 e. The Morgan fingerprint density at radius 2 is 1.92 bits per heavy atom. The first-order chi connectivity index (χ1) is 12.3. The molecule has 2 aliphatic rings. The van der Waals surface area contributed by atoms with Gasteiger partial charge in [0.1, 0.15) is 0 Å². The number of nitrogens with zero attached hydrogens (tertiary/aromatic N) is 1. The van der Waals surface area contributed by atoms with Gasteiger partial charge in [-0.15, -0.1) is 0 Å². The lowest BCUT2D eigenvalue weighted by Crippen LogP contribution is -2.41. The molecule has 0 spiro atoms. The van der Waals surface area contributed by atoms with Gasteiger partial charge >= 0.3 is 0 Å². The van der Waals surface area contributed by atoms with Crippen LogP contribution in [0.2, 0.25) is 0 Å². The average Bonchev–Trinajstić information content (AvgIpc) is 3.18. The highest BCUT2D eigenvalue weighted by atomic mass is 16.5. The molecule has 138 valence electrons. The van der Waals surface area contributed by atoms with E-state index < -0.39 is 0 Å². The Labute approximate surface area is 151 Å². The second kappa shape index (κ2) is 9.78. The summed E-state index contributed by atoms with van der Waals surface area (Å²) in [5.74, 6) is 0.899. The Hall–Kier alpha value is -1.59. The zero-order chi connectivity index (χ0) is 17.3. The zero-order valence-corrected chi connectivity index (χ0v) is 15.3. The van der Waals surface area contributed by atoms with Crippen LogP contribution in [0, 0.1) is 0 Å². The van der Waals surface area contributed by atoms with Gasteiger partial charge in [-0.3, -0.25) is 4.99 Å². The van der Waals surface area contributed by atoms with Crippen molar-refractivity contribution >= 4 is 5.96 Å². The summed E-state index contributed by atoms with van der Waals surface area (Å²) in [6.07, 6.45) is 7.49. The molecule has 1 saturated carbocycles. The van der Waals surface area contributed by atoms with Gasteiger partial charge in [0.15, 0.2) is 5.96 Å². The molecule has 5 heteroatoms. The second-order valence-corrected chi connectivity index (χ2v) is 6.99. The molecule has 0 atom stereocenters. The smallest absolute Gasteiger partial charge is 0.191 e. The predicted molar refractivity (Wildman–Crippen MR) is 101 cm³/mol. The molecule has 1 heterocycles. The number of rotatable bonds is 6. The van der Waals surface area contributed by atoms with Gasteiger partial charge in [-0.1, -0.05) is 37.1 Å². The van der Waals surface area contributed by atoms with Gasteiger partial charge in [0, 0.05) is 32.8 Å². The molecule has 0 aromatic heterocycles. The quantitative estimate of drug-likeness (QED) is 0.615. The summed E-state index contributed by atoms with van der Waals surface area (Å²) in [6.45, 7) is 3.09. The van der Waals surface area contributed by atoms with Crippen LogP contribution in [-0.4, -0.2) is 38.4 Å². The fraction of sp³-hybridized carbons (Fsp3) is 0.650. The van der Waals surface area contributed by atoms with Crippen LogP contribution >= 0.6 is 0 Å². The molecule has 5 nitrogen and oxygen atoms in total. The fourth-order valence-electron chi connectivity index (χ4n) is 3.53. The summed E-state index contributed by atoms with van der Waals surface area (Å²) in [5.41, 5.74) is 2.48. The normalized spacial score (nSPS) is 20.0. The molecule has 1 aromatic rings. The van der Waals surface area contributed by atoms with Crippen molar-refractivity contribution in [3.63, 3.8) is 0 Å². The number of benzene rings is 1. The van der Waals surface area contributed by atoms with E-state index in [1.807, 2.05) is 7.05 Å². The van der Waals surface area contributed by atoms with E-state index in [-0.39, 0.29) is 0 Å². The summed E-state index contributed by atoms with van der Waals surface area (Å²) in [4.78, 5) is 4.34. The van der Waals surface area contributed by atoms with Crippen molar-refractivity contribution in [2.45, 2.75) is 63.8 Å². The van der Waals surface area contributed by atoms with Crippen LogP contribution in [0.15, 0.2) is 29.3 Å². The molecule has 2 N–H and O–H groups in total. The lowest BCUT2D eigenvalue weighted by molar-refractivity contribution is -0.0390. The van der Waals surface area contributed by atoms with E-state index >= 15 is 0 Å². The van der Waals surface area contributed by atoms with Crippen LogP contribution < -0.4 is 10.6 Å². The van der Waals surface area contributed by atoms with Crippen molar-refractivity contribution in [2.75, 3.05) is 20.3 Å². The highest BCUT2D eigenvalue weighted by Crippen LogP contribution is 2.17. The highest BCUT2D eigenvalue weighted by molar-refractivity contribution is 5.79. The molecule has 25 heavy (non-hydrogen) atoms. The van der Waals surface area contributed by atoms with Crippen LogP contribution in [-0.2, 0) is 22.6 Å². The van der Waals surface area contributed by atoms with Gasteiger partial charge in [0.05, 0.1) is 12.7 Å². The first kappa shape index (κ1) is 18.2. The largest absolute Gasteiger partial charge is 0.381 e. The maximum absolute atomic E-state index is 6.02. The standard InChI is InChI=1S/C20H31N3O2/c1-21-20(23-18-7-2-3-8-18)22-14-16-5-4-6-17(13-16)15-25-19-9-11-24-12-10-19/h4-6,13,18-19H,2-3,7-12,14-15H2,1H3,(H2,21,22,23). The van der Waals surface area contributed by atoms with Gasteiger partial charge < -0.3 is 20.1 Å². The van der Waals surface area contributed by atoms with Gasteiger partial charge in [0.2, 0.25) is 0 Å². The van der Waals surface area contributed by atoms with E-state index in [9.17, 15) is 0 Å². The third kappa shape index (κ3) is 6.01. The minimum atomic E-state index is 0.338. The SMILES string of the molecule is CN=C(NCc1cccc(COC2CCOCC2)c1)NC1CCCC1. The molecule has 1 aromatic carbocycles. The minimum absolute atomic E-state index is 0.338. The Morgan fingerprint density at radius 3 is 2.68 bits per heavy atom. The Kier molecular flexibility index (Phi) is 7.12. The van der Waals surface area contributed by atoms with Crippen molar-refractivity contribution < 1.29 is 9.47 Å². The molecule has 3 rings (SSSR count). The van der Waals surface area contributed by atoms with E-state index in [4.69, 9.17) is 9.47 Å². The minimum Gasteiger partial charge on any atom is -0.381 e. The molecule has 0 bridgehead atoms. The van der Waals surface area contributed by atoms with E-state index in [2.05, 4.69) is 39.9 Å². The van der Waals surface area contributed by atoms with E-state index in [1.54, 1.807) is 0 Å². The van der Waals surface area contributed by atoms with Gasteiger partial charge in [0.25, 0.3) is 0 Å². The van der Waals surface area contributed by atoms with Crippen molar-refractivity contribution in [1.82, 2.24) is 10.6 Å². The molecule has 0 unspecified atom stereocenters. The van der Waals surface area contributed by atoms with Crippen LogP contribution in [0.5, 0.6) is 0 Å². The molecule has 2 fully saturated rings. The van der Waals surface area contributed by atoms with Gasteiger partial charge in [-0.05, 0) is 36.8 Å². The second-order valence-electron chi connectivity index (χ2n) is 6.99. The average molecular weight is 345 g/mol. The zero-order valence-electron chi connectivity index (χ0n) is 15.3. The maximum atomic E-state index is 6.02. The third-order valence-electron chi connectivity index (χ3n) is 5.03. The molecule has 0 radical (unpaired) electrons. The highest BCUT2D eigenvalue weighted by Gasteiger charge is 2.16. The lowest BCUT2D eigenvalue weighted by atomic mass is 10.1. The predicted octanol–water partition coefficient (Wildman–Crippen LogP) is 2.99. The van der Waals surface area contributed by atoms with E-state index in [1.165, 1.54) is 36.8 Å². The van der Waals surface area contributed by atoms with Crippen LogP contribution in [0.3, 0.4) is 0 Å². The lowest BCUT2D eigenvalue weighted by Gasteiger charge is -2.22. The molecule has 1 saturated heterocycles. The Morgan fingerprint density at radius 1 is 1.16 bits per heavy atom.